The Hall–Kier alpha value is -3.42. The number of hydrogen-bond donors (Lipinski definition) is 2. The minimum absolute atomic E-state index is 0.190. The summed E-state index contributed by atoms with van der Waals surface area (Å²) in [5.74, 6) is 0.352. The SMILES string of the molecule is COc1ccc(C=NNC(=O)CNC(=O)c2ccncc2)cc1OC. The molecule has 8 nitrogen and oxygen atoms in total. The molecular formula is C17H18N4O4. The third-order valence-electron chi connectivity index (χ3n) is 3.16. The number of methoxy groups -OCH3 is 2. The Bertz CT molecular complexity index is 762. The van der Waals surface area contributed by atoms with Gasteiger partial charge in [0.05, 0.1) is 27.0 Å². The Morgan fingerprint density at radius 2 is 1.84 bits per heavy atom. The van der Waals surface area contributed by atoms with Gasteiger partial charge < -0.3 is 14.8 Å². The van der Waals surface area contributed by atoms with E-state index in [1.54, 1.807) is 37.4 Å². The molecule has 1 aromatic carbocycles. The van der Waals surface area contributed by atoms with Crippen molar-refractivity contribution in [3.8, 4) is 11.5 Å². The number of amides is 2. The standard InChI is InChI=1S/C17H18N4O4/c1-24-14-4-3-12(9-15(14)25-2)10-20-21-16(22)11-19-17(23)13-5-7-18-8-6-13/h3-10H,11H2,1-2H3,(H,19,23)(H,21,22). The first-order valence-electron chi connectivity index (χ1n) is 7.36. The van der Waals surface area contributed by atoms with Gasteiger partial charge in [0.25, 0.3) is 11.8 Å². The fraction of sp³-hybridized carbons (Fsp3) is 0.176. The van der Waals surface area contributed by atoms with E-state index >= 15 is 0 Å². The van der Waals surface area contributed by atoms with Gasteiger partial charge in [-0.15, -0.1) is 0 Å². The number of benzene rings is 1. The van der Waals surface area contributed by atoms with E-state index in [1.165, 1.54) is 25.7 Å². The lowest BCUT2D eigenvalue weighted by atomic mass is 10.2. The van der Waals surface area contributed by atoms with E-state index in [4.69, 9.17) is 9.47 Å². The molecule has 2 amide bonds. The maximum Gasteiger partial charge on any atom is 0.259 e. The number of nitrogens with one attached hydrogen (secondary N) is 2. The zero-order valence-electron chi connectivity index (χ0n) is 13.9. The molecule has 0 fully saturated rings. The first-order chi connectivity index (χ1) is 12.1. The van der Waals surface area contributed by atoms with E-state index in [0.29, 0.717) is 17.1 Å². The first kappa shape index (κ1) is 17.9. The number of nitrogens with zero attached hydrogens (tertiary/aromatic N) is 2. The molecule has 0 aliphatic carbocycles. The highest BCUT2D eigenvalue weighted by Crippen LogP contribution is 2.26. The second-order valence-electron chi connectivity index (χ2n) is 4.83. The monoisotopic (exact) mass is 342 g/mol. The number of ether oxygens (including phenoxy) is 2. The van der Waals surface area contributed by atoms with Crippen molar-refractivity contribution >= 4 is 18.0 Å². The van der Waals surface area contributed by atoms with Crippen LogP contribution in [0.5, 0.6) is 11.5 Å². The summed E-state index contributed by atoms with van der Waals surface area (Å²) in [6.45, 7) is -0.190. The molecule has 0 aliphatic rings. The van der Waals surface area contributed by atoms with E-state index in [9.17, 15) is 9.59 Å². The second-order valence-corrected chi connectivity index (χ2v) is 4.83. The van der Waals surface area contributed by atoms with Crippen molar-refractivity contribution in [3.05, 3.63) is 53.9 Å². The van der Waals surface area contributed by atoms with Crippen LogP contribution < -0.4 is 20.2 Å². The number of rotatable bonds is 7. The van der Waals surface area contributed by atoms with Gasteiger partial charge in [0.15, 0.2) is 11.5 Å². The highest BCUT2D eigenvalue weighted by atomic mass is 16.5. The summed E-state index contributed by atoms with van der Waals surface area (Å²) in [5.41, 5.74) is 3.48. The quantitative estimate of drug-likeness (QED) is 0.577. The molecule has 0 atom stereocenters. The minimum Gasteiger partial charge on any atom is -0.493 e. The molecule has 1 aromatic heterocycles. The molecule has 2 rings (SSSR count). The molecule has 0 saturated heterocycles. The largest absolute Gasteiger partial charge is 0.493 e. The Morgan fingerprint density at radius 3 is 2.52 bits per heavy atom. The predicted molar refractivity (Wildman–Crippen MR) is 91.9 cm³/mol. The van der Waals surface area contributed by atoms with E-state index in [2.05, 4.69) is 20.8 Å². The summed E-state index contributed by atoms with van der Waals surface area (Å²) in [5, 5.41) is 6.33. The van der Waals surface area contributed by atoms with Crippen LogP contribution in [0.25, 0.3) is 0 Å². The average molecular weight is 342 g/mol. The lowest BCUT2D eigenvalue weighted by Gasteiger charge is -2.07. The smallest absolute Gasteiger partial charge is 0.259 e. The Balaban J connectivity index is 1.83. The number of pyridine rings is 1. The van der Waals surface area contributed by atoms with Crippen molar-refractivity contribution in [1.82, 2.24) is 15.7 Å². The van der Waals surface area contributed by atoms with Crippen molar-refractivity contribution in [2.45, 2.75) is 0 Å². The molecule has 130 valence electrons. The van der Waals surface area contributed by atoms with Crippen molar-refractivity contribution in [3.63, 3.8) is 0 Å². The topological polar surface area (TPSA) is 102 Å². The molecule has 0 unspecified atom stereocenters. The van der Waals surface area contributed by atoms with E-state index in [-0.39, 0.29) is 12.5 Å². The van der Waals surface area contributed by atoms with Crippen LogP contribution in [-0.2, 0) is 4.79 Å². The van der Waals surface area contributed by atoms with E-state index in [1.807, 2.05) is 0 Å². The first-order valence-corrected chi connectivity index (χ1v) is 7.36. The van der Waals surface area contributed by atoms with Crippen LogP contribution in [0.15, 0.2) is 47.8 Å². The van der Waals surface area contributed by atoms with Gasteiger partial charge in [0, 0.05) is 18.0 Å². The van der Waals surface area contributed by atoms with Crippen LogP contribution in [0.3, 0.4) is 0 Å². The molecule has 8 heteroatoms. The van der Waals surface area contributed by atoms with Gasteiger partial charge in [0.2, 0.25) is 0 Å². The van der Waals surface area contributed by atoms with E-state index < -0.39 is 5.91 Å². The van der Waals surface area contributed by atoms with Crippen LogP contribution in [-0.4, -0.2) is 43.8 Å². The molecule has 2 N–H and O–H groups in total. The zero-order valence-corrected chi connectivity index (χ0v) is 13.9. The van der Waals surface area contributed by atoms with Gasteiger partial charge >= 0.3 is 0 Å². The van der Waals surface area contributed by atoms with Crippen molar-refractivity contribution in [1.29, 1.82) is 0 Å². The molecule has 0 aliphatic heterocycles. The summed E-state index contributed by atoms with van der Waals surface area (Å²) in [6.07, 6.45) is 4.47. The fourth-order valence-electron chi connectivity index (χ4n) is 1.92. The average Bonchev–Trinajstić information content (AvgIpc) is 2.66. The van der Waals surface area contributed by atoms with Gasteiger partial charge in [-0.05, 0) is 35.9 Å². The predicted octanol–water partition coefficient (Wildman–Crippen LogP) is 0.979. The minimum atomic E-state index is -0.445. The Labute approximate surface area is 144 Å². The van der Waals surface area contributed by atoms with Crippen molar-refractivity contribution in [2.75, 3.05) is 20.8 Å². The van der Waals surface area contributed by atoms with Gasteiger partial charge in [0.1, 0.15) is 0 Å². The number of carbonyl (C=O) groups is 2. The third kappa shape index (κ3) is 5.31. The van der Waals surface area contributed by atoms with E-state index in [0.717, 1.165) is 5.56 Å². The van der Waals surface area contributed by atoms with Crippen LogP contribution in [0.1, 0.15) is 15.9 Å². The van der Waals surface area contributed by atoms with Gasteiger partial charge in [-0.3, -0.25) is 14.6 Å². The van der Waals surface area contributed by atoms with Crippen LogP contribution in [0, 0.1) is 0 Å². The van der Waals surface area contributed by atoms with Crippen molar-refractivity contribution in [2.24, 2.45) is 5.10 Å². The number of hydrogen-bond acceptors (Lipinski definition) is 6. The Kier molecular flexibility index (Phi) is 6.47. The summed E-state index contributed by atoms with van der Waals surface area (Å²) in [6, 6.07) is 8.34. The number of carbonyl (C=O) groups excluding carboxylic acids is 2. The van der Waals surface area contributed by atoms with Crippen molar-refractivity contribution < 1.29 is 19.1 Å². The third-order valence-corrected chi connectivity index (χ3v) is 3.16. The fourth-order valence-corrected chi connectivity index (χ4v) is 1.92. The molecule has 0 spiro atoms. The molecule has 25 heavy (non-hydrogen) atoms. The van der Waals surface area contributed by atoms with Crippen LogP contribution in [0.4, 0.5) is 0 Å². The second kappa shape index (κ2) is 9.02. The van der Waals surface area contributed by atoms with Gasteiger partial charge in [-0.1, -0.05) is 0 Å². The van der Waals surface area contributed by atoms with Gasteiger partial charge in [-0.25, -0.2) is 5.43 Å². The molecule has 0 radical (unpaired) electrons. The van der Waals surface area contributed by atoms with Crippen LogP contribution >= 0.6 is 0 Å². The molecule has 0 saturated carbocycles. The molecule has 2 aromatic rings. The maximum absolute atomic E-state index is 11.8. The lowest BCUT2D eigenvalue weighted by Crippen LogP contribution is -2.34. The maximum atomic E-state index is 11.8. The highest BCUT2D eigenvalue weighted by molar-refractivity contribution is 5.96. The zero-order chi connectivity index (χ0) is 18.1. The van der Waals surface area contributed by atoms with Crippen LogP contribution in [0.2, 0.25) is 0 Å². The summed E-state index contributed by atoms with van der Waals surface area (Å²) < 4.78 is 10.3. The van der Waals surface area contributed by atoms with Gasteiger partial charge in [-0.2, -0.15) is 5.10 Å². The molecule has 1 heterocycles. The normalized spacial score (nSPS) is 10.3. The number of aromatic nitrogens is 1. The number of hydrazone groups is 1. The summed E-state index contributed by atoms with van der Waals surface area (Å²) in [7, 11) is 3.08. The molecule has 0 bridgehead atoms. The summed E-state index contributed by atoms with van der Waals surface area (Å²) >= 11 is 0. The molecular weight excluding hydrogens is 324 g/mol. The summed E-state index contributed by atoms with van der Waals surface area (Å²) in [4.78, 5) is 27.3. The lowest BCUT2D eigenvalue weighted by molar-refractivity contribution is -0.120. The Morgan fingerprint density at radius 1 is 1.12 bits per heavy atom. The highest BCUT2D eigenvalue weighted by Gasteiger charge is 2.07.